The molecule has 2 fully saturated rings. The van der Waals surface area contributed by atoms with Crippen LogP contribution in [-0.2, 0) is 31.7 Å². The average Bonchev–Trinajstić information content (AvgIpc) is 3.46. The van der Waals surface area contributed by atoms with E-state index in [1.807, 2.05) is 6.07 Å². The van der Waals surface area contributed by atoms with E-state index in [2.05, 4.69) is 10.2 Å². The number of aromatic nitrogens is 3. The van der Waals surface area contributed by atoms with Crippen LogP contribution in [0.2, 0.25) is 0 Å². The van der Waals surface area contributed by atoms with Gasteiger partial charge in [0.2, 0.25) is 0 Å². The maximum Gasteiger partial charge on any atom is 0.416 e. The highest BCUT2D eigenvalue weighted by Gasteiger charge is 2.50. The number of carbonyl (C=O) groups is 1. The van der Waals surface area contributed by atoms with E-state index in [0.29, 0.717) is 24.4 Å². The summed E-state index contributed by atoms with van der Waals surface area (Å²) in [5.41, 5.74) is -0.160. The Kier molecular flexibility index (Phi) is 6.49. The number of alkyl halides is 5. The van der Waals surface area contributed by atoms with Crippen molar-refractivity contribution in [3.63, 3.8) is 0 Å². The Labute approximate surface area is 233 Å². The maximum absolute atomic E-state index is 14.2. The summed E-state index contributed by atoms with van der Waals surface area (Å²) in [4.78, 5) is 16.7. The molecule has 1 saturated heterocycles. The number of benzene rings is 2. The number of hydrogen-bond acceptors (Lipinski definition) is 5. The Morgan fingerprint density at radius 1 is 1.15 bits per heavy atom. The number of fused-ring (bicyclic) bond motifs is 1. The lowest BCUT2D eigenvalue weighted by atomic mass is 9.62. The molecule has 41 heavy (non-hydrogen) atoms. The lowest BCUT2D eigenvalue weighted by Crippen LogP contribution is -2.47. The van der Waals surface area contributed by atoms with Gasteiger partial charge in [-0.2, -0.15) is 13.2 Å². The average molecular weight is 576 g/mol. The van der Waals surface area contributed by atoms with Gasteiger partial charge in [0, 0.05) is 50.3 Å². The number of rotatable bonds is 5. The molecule has 1 aliphatic carbocycles. The minimum Gasteiger partial charge on any atom is -0.393 e. The number of hydrogen-bond donors (Lipinski definition) is 1. The topological polar surface area (TPSA) is 74.5 Å². The molecule has 0 spiro atoms. The van der Waals surface area contributed by atoms with Crippen LogP contribution in [0.1, 0.15) is 64.6 Å². The van der Waals surface area contributed by atoms with Gasteiger partial charge in [0.05, 0.1) is 23.6 Å². The number of aliphatic hydroxyl groups is 1. The highest BCUT2D eigenvalue weighted by atomic mass is 19.4. The van der Waals surface area contributed by atoms with Crippen LogP contribution in [0.5, 0.6) is 0 Å². The Morgan fingerprint density at radius 3 is 2.54 bits per heavy atom. The fourth-order valence-corrected chi connectivity index (χ4v) is 6.57. The number of anilines is 1. The van der Waals surface area contributed by atoms with E-state index in [1.54, 1.807) is 41.0 Å². The molecule has 0 radical (unpaired) electrons. The molecule has 7 nitrogen and oxygen atoms in total. The molecule has 1 saturated carbocycles. The number of nitrogens with zero attached hydrogens (tertiary/aromatic N) is 5. The summed E-state index contributed by atoms with van der Waals surface area (Å²) in [6, 6.07) is 9.57. The van der Waals surface area contributed by atoms with Gasteiger partial charge in [-0.15, -0.1) is 10.2 Å². The molecule has 2 aliphatic heterocycles. The number of carbonyl (C=O) groups excluding carboxylic acids is 1. The van der Waals surface area contributed by atoms with Crippen LogP contribution in [0.4, 0.5) is 27.6 Å². The van der Waals surface area contributed by atoms with Gasteiger partial charge >= 0.3 is 6.18 Å². The van der Waals surface area contributed by atoms with Crippen molar-refractivity contribution in [1.29, 1.82) is 0 Å². The normalized spacial score (nSPS) is 26.2. The number of halogens is 5. The predicted octanol–water partition coefficient (Wildman–Crippen LogP) is 4.91. The third-order valence-electron chi connectivity index (χ3n) is 8.85. The highest BCUT2D eigenvalue weighted by Crippen LogP contribution is 2.49. The summed E-state index contributed by atoms with van der Waals surface area (Å²) in [6.45, 7) is 1.34. The summed E-state index contributed by atoms with van der Waals surface area (Å²) in [7, 11) is 1.80. The molecule has 12 heteroatoms. The Balaban J connectivity index is 1.32. The van der Waals surface area contributed by atoms with E-state index in [-0.39, 0.29) is 49.3 Å². The Hall–Kier alpha value is -3.38. The summed E-state index contributed by atoms with van der Waals surface area (Å²) in [5.74, 6) is -3.62. The molecule has 2 aromatic carbocycles. The molecular weight excluding hydrogens is 545 g/mol. The fourth-order valence-electron chi connectivity index (χ4n) is 6.57. The van der Waals surface area contributed by atoms with Crippen molar-refractivity contribution < 1.29 is 31.9 Å². The first kappa shape index (κ1) is 27.8. The van der Waals surface area contributed by atoms with Crippen molar-refractivity contribution in [2.24, 2.45) is 13.0 Å². The number of amides is 1. The summed E-state index contributed by atoms with van der Waals surface area (Å²) >= 11 is 0. The van der Waals surface area contributed by atoms with Crippen LogP contribution in [-0.4, -0.2) is 55.8 Å². The van der Waals surface area contributed by atoms with E-state index in [1.165, 1.54) is 17.9 Å². The third-order valence-corrected chi connectivity index (χ3v) is 8.85. The van der Waals surface area contributed by atoms with Gasteiger partial charge in [-0.1, -0.05) is 19.1 Å². The molecule has 1 amide bonds. The first-order valence-corrected chi connectivity index (χ1v) is 13.6. The number of aliphatic hydroxyl groups excluding tert-OH is 1. The Bertz CT molecular complexity index is 1500. The highest BCUT2D eigenvalue weighted by molar-refractivity contribution is 6.10. The van der Waals surface area contributed by atoms with Crippen molar-refractivity contribution in [2.45, 2.75) is 62.9 Å². The molecule has 3 heterocycles. The van der Waals surface area contributed by atoms with Crippen LogP contribution in [0.15, 0.2) is 42.7 Å². The SMILES string of the molecule is CC1CN(Cc2cc3c(c(C(F)(F)F)c2)CN(c2cccc(C4(c5nncn5C)CC(O)C4)c2)C3=O)CCC1(F)F. The van der Waals surface area contributed by atoms with Gasteiger partial charge in [0.1, 0.15) is 12.2 Å². The van der Waals surface area contributed by atoms with Gasteiger partial charge < -0.3 is 14.6 Å². The van der Waals surface area contributed by atoms with E-state index in [0.717, 1.165) is 11.6 Å². The first-order valence-electron chi connectivity index (χ1n) is 13.6. The molecule has 1 unspecified atom stereocenters. The van der Waals surface area contributed by atoms with Crippen molar-refractivity contribution >= 4 is 11.6 Å². The van der Waals surface area contributed by atoms with Crippen molar-refractivity contribution in [3.05, 3.63) is 76.4 Å². The minimum absolute atomic E-state index is 0.0299. The van der Waals surface area contributed by atoms with E-state index in [9.17, 15) is 31.9 Å². The predicted molar refractivity (Wildman–Crippen MR) is 139 cm³/mol. The lowest BCUT2D eigenvalue weighted by molar-refractivity contribution is -0.138. The van der Waals surface area contributed by atoms with Gasteiger partial charge in [-0.3, -0.25) is 9.69 Å². The van der Waals surface area contributed by atoms with Gasteiger partial charge in [0.25, 0.3) is 11.8 Å². The second kappa shape index (κ2) is 9.59. The molecular formula is C29H30F5N5O2. The van der Waals surface area contributed by atoms with Crippen molar-refractivity contribution in [1.82, 2.24) is 19.7 Å². The van der Waals surface area contributed by atoms with Gasteiger partial charge in [0.15, 0.2) is 0 Å². The fraction of sp³-hybridized carbons (Fsp3) is 0.483. The standard InChI is InChI=1S/C29H30F5N5O2/c1-17-13-38(7-6-28(17,30)31)14-18-8-22-23(24(9-18)29(32,33)34)15-39(25(22)41)20-5-3-4-19(10-20)27(11-21(40)12-27)26-36-35-16-37(26)2/h3-5,8-10,16-17,21,40H,6-7,11-15H2,1-2H3. The zero-order chi connectivity index (χ0) is 29.3. The Morgan fingerprint density at radius 2 is 1.90 bits per heavy atom. The van der Waals surface area contributed by atoms with E-state index >= 15 is 0 Å². The van der Waals surface area contributed by atoms with Crippen molar-refractivity contribution in [3.8, 4) is 0 Å². The molecule has 218 valence electrons. The molecule has 0 bridgehead atoms. The second-order valence-corrected chi connectivity index (χ2v) is 11.7. The molecule has 3 aromatic rings. The van der Waals surface area contributed by atoms with Gasteiger partial charge in [-0.05, 0) is 53.8 Å². The maximum atomic E-state index is 14.2. The first-order chi connectivity index (χ1) is 19.3. The van der Waals surface area contributed by atoms with Crippen molar-refractivity contribution in [2.75, 3.05) is 18.0 Å². The van der Waals surface area contributed by atoms with Crippen LogP contribution < -0.4 is 4.90 Å². The molecule has 1 N–H and O–H groups in total. The van der Waals surface area contributed by atoms with Crippen LogP contribution >= 0.6 is 0 Å². The van der Waals surface area contributed by atoms with Crippen LogP contribution in [0, 0.1) is 5.92 Å². The minimum atomic E-state index is -4.70. The van der Waals surface area contributed by atoms with E-state index < -0.39 is 41.0 Å². The number of piperidine rings is 1. The molecule has 1 atom stereocenters. The van der Waals surface area contributed by atoms with Crippen LogP contribution in [0.25, 0.3) is 0 Å². The number of aryl methyl sites for hydroxylation is 1. The summed E-state index contributed by atoms with van der Waals surface area (Å²) in [5, 5.41) is 18.4. The van der Waals surface area contributed by atoms with Crippen LogP contribution in [0.3, 0.4) is 0 Å². The third kappa shape index (κ3) is 4.70. The molecule has 3 aliphatic rings. The lowest BCUT2D eigenvalue weighted by Gasteiger charge is -2.45. The quantitative estimate of drug-likeness (QED) is 0.438. The second-order valence-electron chi connectivity index (χ2n) is 11.7. The van der Waals surface area contributed by atoms with Gasteiger partial charge in [-0.25, -0.2) is 8.78 Å². The molecule has 1 aromatic heterocycles. The summed E-state index contributed by atoms with van der Waals surface area (Å²) < 4.78 is 72.4. The zero-order valence-electron chi connectivity index (χ0n) is 22.6. The molecule has 6 rings (SSSR count). The largest absolute Gasteiger partial charge is 0.416 e. The monoisotopic (exact) mass is 575 g/mol. The van der Waals surface area contributed by atoms with E-state index in [4.69, 9.17) is 0 Å². The smallest absolute Gasteiger partial charge is 0.393 e. The number of likely N-dealkylation sites (tertiary alicyclic amines) is 1. The summed E-state index contributed by atoms with van der Waals surface area (Å²) in [6.07, 6.45) is -3.22. The zero-order valence-corrected chi connectivity index (χ0v) is 22.6.